The minimum atomic E-state index is 0.0316. The van der Waals surface area contributed by atoms with E-state index >= 15 is 0 Å². The van der Waals surface area contributed by atoms with Gasteiger partial charge in [0.2, 0.25) is 11.8 Å². The molecule has 140 valence electrons. The Hall–Kier alpha value is -1.85. The molecular weight excluding hydrogens is 350 g/mol. The number of carbonyl (C=O) groups is 1. The molecule has 2 aromatic rings. The first-order valence-corrected chi connectivity index (χ1v) is 9.62. The van der Waals surface area contributed by atoms with Crippen molar-refractivity contribution in [1.82, 2.24) is 15.2 Å². The van der Waals surface area contributed by atoms with Crippen molar-refractivity contribution in [2.24, 2.45) is 0 Å². The molecular formula is C20H26ClN3O2. The van der Waals surface area contributed by atoms with Crippen LogP contribution in [0.4, 0.5) is 0 Å². The van der Waals surface area contributed by atoms with Crippen LogP contribution >= 0.6 is 11.6 Å². The maximum Gasteiger partial charge on any atom is 0.228 e. The van der Waals surface area contributed by atoms with Crippen LogP contribution in [0.1, 0.15) is 44.1 Å². The fraction of sp³-hybridized carbons (Fsp3) is 0.500. The molecule has 3 rings (SSSR count). The number of amides is 1. The zero-order valence-corrected chi connectivity index (χ0v) is 16.2. The fourth-order valence-electron chi connectivity index (χ4n) is 3.53. The molecule has 1 aromatic heterocycles. The third-order valence-corrected chi connectivity index (χ3v) is 5.28. The van der Waals surface area contributed by atoms with Gasteiger partial charge >= 0.3 is 0 Å². The van der Waals surface area contributed by atoms with E-state index in [-0.39, 0.29) is 5.91 Å². The van der Waals surface area contributed by atoms with Gasteiger partial charge in [0.25, 0.3) is 0 Å². The molecule has 1 N–H and O–H groups in total. The number of hydrogen-bond donors (Lipinski definition) is 1. The molecule has 1 atom stereocenters. The van der Waals surface area contributed by atoms with Gasteiger partial charge in [-0.15, -0.1) is 0 Å². The van der Waals surface area contributed by atoms with E-state index in [1.807, 2.05) is 31.2 Å². The first-order valence-electron chi connectivity index (χ1n) is 9.24. The number of hydrogen-bond acceptors (Lipinski definition) is 4. The minimum Gasteiger partial charge on any atom is -0.441 e. The number of likely N-dealkylation sites (tertiary alicyclic amines) is 1. The zero-order chi connectivity index (χ0) is 18.5. The minimum absolute atomic E-state index is 0.0316. The summed E-state index contributed by atoms with van der Waals surface area (Å²) in [6, 6.07) is 8.07. The van der Waals surface area contributed by atoms with Gasteiger partial charge in [0, 0.05) is 26.1 Å². The van der Waals surface area contributed by atoms with Crippen molar-refractivity contribution in [3.63, 3.8) is 0 Å². The molecule has 2 heterocycles. The smallest absolute Gasteiger partial charge is 0.228 e. The van der Waals surface area contributed by atoms with E-state index in [9.17, 15) is 4.79 Å². The molecule has 1 fully saturated rings. The summed E-state index contributed by atoms with van der Waals surface area (Å²) in [5.74, 6) is 1.45. The summed E-state index contributed by atoms with van der Waals surface area (Å²) in [6.07, 6.45) is 4.57. The first-order chi connectivity index (χ1) is 12.5. The predicted octanol–water partition coefficient (Wildman–Crippen LogP) is 4.18. The molecule has 0 radical (unpaired) electrons. The third kappa shape index (κ3) is 4.65. The van der Waals surface area contributed by atoms with Gasteiger partial charge < -0.3 is 9.73 Å². The van der Waals surface area contributed by atoms with Crippen molar-refractivity contribution >= 4 is 17.5 Å². The fourth-order valence-corrected chi connectivity index (χ4v) is 3.74. The molecule has 1 aromatic carbocycles. The van der Waals surface area contributed by atoms with E-state index in [1.54, 1.807) is 6.92 Å². The van der Waals surface area contributed by atoms with Gasteiger partial charge in [-0.3, -0.25) is 9.69 Å². The molecule has 1 aliphatic heterocycles. The predicted molar refractivity (Wildman–Crippen MR) is 103 cm³/mol. The zero-order valence-electron chi connectivity index (χ0n) is 15.4. The summed E-state index contributed by atoms with van der Waals surface area (Å²) in [5, 5.41) is 3.55. The second-order valence-electron chi connectivity index (χ2n) is 6.89. The van der Waals surface area contributed by atoms with Crippen LogP contribution in [-0.2, 0) is 11.3 Å². The van der Waals surface area contributed by atoms with E-state index in [0.717, 1.165) is 49.5 Å². The molecule has 26 heavy (non-hydrogen) atoms. The quantitative estimate of drug-likeness (QED) is 0.822. The van der Waals surface area contributed by atoms with E-state index in [1.165, 1.54) is 12.8 Å². The molecule has 0 bridgehead atoms. The molecule has 0 spiro atoms. The van der Waals surface area contributed by atoms with Crippen LogP contribution in [0.15, 0.2) is 28.7 Å². The second kappa shape index (κ2) is 8.69. The number of oxazole rings is 1. The number of aromatic nitrogens is 1. The number of aryl methyl sites for hydroxylation is 1. The van der Waals surface area contributed by atoms with Gasteiger partial charge in [0.15, 0.2) is 0 Å². The highest BCUT2D eigenvalue weighted by atomic mass is 35.5. The lowest BCUT2D eigenvalue weighted by atomic mass is 9.99. The highest BCUT2D eigenvalue weighted by Crippen LogP contribution is 2.30. The lowest BCUT2D eigenvalue weighted by Crippen LogP contribution is -2.41. The van der Waals surface area contributed by atoms with Crippen LogP contribution in [0.3, 0.4) is 0 Å². The SMILES string of the molecule is CC(=O)NCC[C@@H]1CCCCN1Cc1nc(-c2ccccc2Cl)oc1C. The summed E-state index contributed by atoms with van der Waals surface area (Å²) in [7, 11) is 0. The second-order valence-corrected chi connectivity index (χ2v) is 7.30. The maximum atomic E-state index is 11.1. The molecule has 0 aliphatic carbocycles. The molecule has 6 heteroatoms. The average Bonchev–Trinajstić information content (AvgIpc) is 2.97. The Morgan fingerprint density at radius 3 is 2.96 bits per heavy atom. The number of carbonyl (C=O) groups excluding carboxylic acids is 1. The average molecular weight is 376 g/mol. The van der Waals surface area contributed by atoms with Crippen LogP contribution < -0.4 is 5.32 Å². The van der Waals surface area contributed by atoms with E-state index in [2.05, 4.69) is 10.2 Å². The Kier molecular flexibility index (Phi) is 6.33. The highest BCUT2D eigenvalue weighted by molar-refractivity contribution is 6.33. The Morgan fingerprint density at radius 2 is 2.19 bits per heavy atom. The van der Waals surface area contributed by atoms with Gasteiger partial charge in [0.05, 0.1) is 16.3 Å². The van der Waals surface area contributed by atoms with Crippen molar-refractivity contribution in [3.8, 4) is 11.5 Å². The standard InChI is InChI=1S/C20H26ClN3O2/c1-14-19(23-20(26-14)17-8-3-4-9-18(17)21)13-24-12-6-5-7-16(24)10-11-22-15(2)25/h3-4,8-9,16H,5-7,10-13H2,1-2H3,(H,22,25)/t16-/m0/s1. The van der Waals surface area contributed by atoms with Crippen LogP contribution in [-0.4, -0.2) is 34.9 Å². The Balaban J connectivity index is 1.70. The summed E-state index contributed by atoms with van der Waals surface area (Å²) < 4.78 is 5.89. The normalized spacial score (nSPS) is 18.0. The molecule has 1 saturated heterocycles. The molecule has 1 amide bonds. The topological polar surface area (TPSA) is 58.4 Å². The number of piperidine rings is 1. The van der Waals surface area contributed by atoms with Gasteiger partial charge in [0.1, 0.15) is 5.76 Å². The number of nitrogens with zero attached hydrogens (tertiary/aromatic N) is 2. The van der Waals surface area contributed by atoms with Crippen molar-refractivity contribution in [1.29, 1.82) is 0 Å². The highest BCUT2D eigenvalue weighted by Gasteiger charge is 2.24. The maximum absolute atomic E-state index is 11.1. The number of rotatable bonds is 6. The number of benzene rings is 1. The van der Waals surface area contributed by atoms with E-state index in [0.29, 0.717) is 17.0 Å². The monoisotopic (exact) mass is 375 g/mol. The van der Waals surface area contributed by atoms with Gasteiger partial charge in [-0.2, -0.15) is 0 Å². The van der Waals surface area contributed by atoms with Crippen LogP contribution in [0.2, 0.25) is 5.02 Å². The van der Waals surface area contributed by atoms with Crippen LogP contribution in [0.25, 0.3) is 11.5 Å². The first kappa shape index (κ1) is 18.9. The van der Waals surface area contributed by atoms with Crippen molar-refractivity contribution in [3.05, 3.63) is 40.7 Å². The summed E-state index contributed by atoms with van der Waals surface area (Å²) in [5.41, 5.74) is 1.79. The lowest BCUT2D eigenvalue weighted by Gasteiger charge is -2.35. The molecule has 5 nitrogen and oxygen atoms in total. The molecule has 0 saturated carbocycles. The third-order valence-electron chi connectivity index (χ3n) is 4.95. The largest absolute Gasteiger partial charge is 0.441 e. The Bertz CT molecular complexity index is 759. The summed E-state index contributed by atoms with van der Waals surface area (Å²) >= 11 is 6.27. The van der Waals surface area contributed by atoms with Crippen molar-refractivity contribution in [2.75, 3.05) is 13.1 Å². The molecule has 1 aliphatic rings. The molecule has 0 unspecified atom stereocenters. The van der Waals surface area contributed by atoms with E-state index in [4.69, 9.17) is 21.0 Å². The van der Waals surface area contributed by atoms with Crippen LogP contribution in [0, 0.1) is 6.92 Å². The van der Waals surface area contributed by atoms with Crippen molar-refractivity contribution < 1.29 is 9.21 Å². The number of nitrogens with one attached hydrogen (secondary N) is 1. The Labute approximate surface area is 159 Å². The van der Waals surface area contributed by atoms with Gasteiger partial charge in [-0.25, -0.2) is 4.98 Å². The number of halogens is 1. The summed E-state index contributed by atoms with van der Waals surface area (Å²) in [6.45, 7) is 6.06. The van der Waals surface area contributed by atoms with E-state index < -0.39 is 0 Å². The summed E-state index contributed by atoms with van der Waals surface area (Å²) in [4.78, 5) is 18.3. The van der Waals surface area contributed by atoms with Crippen molar-refractivity contribution in [2.45, 2.75) is 52.1 Å². The van der Waals surface area contributed by atoms with Gasteiger partial charge in [-0.1, -0.05) is 30.2 Å². The Morgan fingerprint density at radius 1 is 1.38 bits per heavy atom. The lowest BCUT2D eigenvalue weighted by molar-refractivity contribution is -0.119. The van der Waals surface area contributed by atoms with Gasteiger partial charge in [-0.05, 0) is 44.9 Å². The van der Waals surface area contributed by atoms with Crippen LogP contribution in [0.5, 0.6) is 0 Å².